The number of likely N-dealkylation sites (tertiary alicyclic amines) is 2. The number of nitrogens with zero attached hydrogens (tertiary/aromatic N) is 7. The van der Waals surface area contributed by atoms with Crippen LogP contribution in [0.4, 0.5) is 19.0 Å². The number of rotatable bonds is 11. The zero-order chi connectivity index (χ0) is 37.5. The molecule has 1 aliphatic carbocycles. The number of hydrogen-bond acceptors (Lipinski definition) is 9. The van der Waals surface area contributed by atoms with Crippen LogP contribution in [0.1, 0.15) is 44.6 Å². The van der Waals surface area contributed by atoms with E-state index in [0.29, 0.717) is 59.2 Å². The van der Waals surface area contributed by atoms with Gasteiger partial charge in [-0.3, -0.25) is 14.5 Å². The second-order valence-corrected chi connectivity index (χ2v) is 16.2. The van der Waals surface area contributed by atoms with Crippen LogP contribution in [0.15, 0.2) is 30.5 Å². The van der Waals surface area contributed by atoms with Crippen molar-refractivity contribution in [1.82, 2.24) is 29.5 Å². The molecule has 2 atom stereocenters. The SMILES string of the molecule is C#Cc1c(F)ccc2cc(O)cc(-c3c(F)c4nc(OCC5(CN6CC(C)(F)C6)CC5)nc(N5[C@@H]6CC[C@H]5CN(CCCOC)C6)c4c4cn(C)nc34)c12. The Hall–Kier alpha value is -4.64. The summed E-state index contributed by atoms with van der Waals surface area (Å²) in [5, 5.41) is 17.5. The monoisotopic (exact) mass is 739 g/mol. The van der Waals surface area contributed by atoms with Crippen LogP contribution in [-0.2, 0) is 11.8 Å². The van der Waals surface area contributed by atoms with E-state index in [1.54, 1.807) is 25.8 Å². The summed E-state index contributed by atoms with van der Waals surface area (Å²) in [5.74, 6) is 1.59. The molecule has 1 saturated carbocycles. The molecule has 10 nitrogen and oxygen atoms in total. The number of hydrogen-bond donors (Lipinski definition) is 1. The maximum absolute atomic E-state index is 17.7. The maximum Gasteiger partial charge on any atom is 0.319 e. The Labute approximate surface area is 311 Å². The van der Waals surface area contributed by atoms with Gasteiger partial charge in [0.05, 0.1) is 17.6 Å². The summed E-state index contributed by atoms with van der Waals surface area (Å²) in [6, 6.07) is 5.98. The molecule has 13 heteroatoms. The highest BCUT2D eigenvalue weighted by Crippen LogP contribution is 2.49. The zero-order valence-corrected chi connectivity index (χ0v) is 30.8. The first-order chi connectivity index (χ1) is 26.0. The predicted molar refractivity (Wildman–Crippen MR) is 202 cm³/mol. The zero-order valence-electron chi connectivity index (χ0n) is 30.8. The molecular formula is C41H44F3N7O3. The van der Waals surface area contributed by atoms with Crippen molar-refractivity contribution in [2.24, 2.45) is 12.5 Å². The van der Waals surface area contributed by atoms with E-state index < -0.39 is 17.3 Å². The van der Waals surface area contributed by atoms with Gasteiger partial charge in [0, 0.05) is 100 Å². The van der Waals surface area contributed by atoms with Crippen molar-refractivity contribution in [1.29, 1.82) is 0 Å². The Morgan fingerprint density at radius 3 is 2.48 bits per heavy atom. The summed E-state index contributed by atoms with van der Waals surface area (Å²) in [6.45, 7) is 6.76. The number of fused-ring (bicyclic) bond motifs is 6. The number of halogens is 3. The van der Waals surface area contributed by atoms with Crippen LogP contribution in [0.3, 0.4) is 0 Å². The van der Waals surface area contributed by atoms with Crippen LogP contribution in [0.25, 0.3) is 43.7 Å². The molecule has 282 valence electrons. The van der Waals surface area contributed by atoms with Gasteiger partial charge in [0.1, 0.15) is 34.1 Å². The number of alkyl halides is 1. The Morgan fingerprint density at radius 2 is 1.80 bits per heavy atom. The molecule has 3 aromatic carbocycles. The normalized spacial score (nSPS) is 21.9. The average Bonchev–Trinajstić information content (AvgIpc) is 3.70. The van der Waals surface area contributed by atoms with Gasteiger partial charge in [-0.1, -0.05) is 12.0 Å². The molecule has 1 N–H and O–H groups in total. The number of terminal acetylenes is 1. The van der Waals surface area contributed by atoms with Gasteiger partial charge in [0.25, 0.3) is 0 Å². The molecule has 54 heavy (non-hydrogen) atoms. The third-order valence-electron chi connectivity index (χ3n) is 11.9. The quantitative estimate of drug-likeness (QED) is 0.126. The predicted octanol–water partition coefficient (Wildman–Crippen LogP) is 6.19. The lowest BCUT2D eigenvalue weighted by atomic mass is 9.91. The molecule has 3 aliphatic heterocycles. The van der Waals surface area contributed by atoms with Crippen LogP contribution in [0, 0.1) is 29.4 Å². The maximum atomic E-state index is 17.7. The number of aromatic hydroxyl groups is 1. The minimum Gasteiger partial charge on any atom is -0.508 e. The van der Waals surface area contributed by atoms with Gasteiger partial charge in [0.2, 0.25) is 0 Å². The number of aromatic nitrogens is 4. The van der Waals surface area contributed by atoms with Gasteiger partial charge in [-0.2, -0.15) is 15.1 Å². The lowest BCUT2D eigenvalue weighted by molar-refractivity contribution is -0.0329. The molecule has 0 spiro atoms. The number of phenols is 1. The van der Waals surface area contributed by atoms with E-state index in [1.807, 2.05) is 6.20 Å². The van der Waals surface area contributed by atoms with Crippen molar-refractivity contribution in [2.45, 2.75) is 56.8 Å². The minimum atomic E-state index is -1.17. The third kappa shape index (κ3) is 5.99. The van der Waals surface area contributed by atoms with Crippen molar-refractivity contribution in [3.8, 4) is 35.2 Å². The van der Waals surface area contributed by atoms with E-state index in [9.17, 15) is 9.50 Å². The molecule has 3 saturated heterocycles. The number of piperazine rings is 1. The standard InChI is InChI=1S/C41H44F3N7O3/c1-5-28-31(42)10-7-24-15-27(52)16-29(32(24)28)33-35(43)37-34(30-19-48(3)47-36(30)33)38(51-25-8-9-26(51)18-49(17-25)13-6-14-53-4)46-39(45-37)54-23-41(11-12-41)22-50-20-40(2,44)21-50/h1,7,10,15-16,19,25-26,52H,6,8-9,11-14,17-18,20-23H2,2-4H3/t25-,26+. The number of phenolic OH excluding ortho intramolecular Hbond substituents is 1. The molecule has 2 aromatic heterocycles. The molecule has 0 amide bonds. The first kappa shape index (κ1) is 35.1. The fourth-order valence-electron chi connectivity index (χ4n) is 9.34. The van der Waals surface area contributed by atoms with E-state index in [0.717, 1.165) is 58.3 Å². The number of ether oxygens (including phenoxy) is 2. The largest absolute Gasteiger partial charge is 0.508 e. The highest BCUT2D eigenvalue weighted by molar-refractivity contribution is 6.18. The fourth-order valence-corrected chi connectivity index (χ4v) is 9.34. The number of aryl methyl sites for hydroxylation is 1. The second kappa shape index (κ2) is 13.0. The summed E-state index contributed by atoms with van der Waals surface area (Å²) in [7, 11) is 3.48. The van der Waals surface area contributed by atoms with Crippen LogP contribution < -0.4 is 9.64 Å². The molecule has 0 radical (unpaired) electrons. The van der Waals surface area contributed by atoms with E-state index >= 15 is 8.78 Å². The molecule has 9 rings (SSSR count). The minimum absolute atomic E-state index is 0.0385. The molecule has 2 bridgehead atoms. The summed E-state index contributed by atoms with van der Waals surface area (Å²) >= 11 is 0. The molecular weight excluding hydrogens is 695 g/mol. The lowest BCUT2D eigenvalue weighted by Crippen LogP contribution is -2.58. The highest BCUT2D eigenvalue weighted by atomic mass is 19.1. The third-order valence-corrected chi connectivity index (χ3v) is 11.9. The van der Waals surface area contributed by atoms with Gasteiger partial charge in [0.15, 0.2) is 5.82 Å². The van der Waals surface area contributed by atoms with Crippen molar-refractivity contribution in [2.75, 3.05) is 64.5 Å². The summed E-state index contributed by atoms with van der Waals surface area (Å²) in [6.07, 6.45) is 12.4. The van der Waals surface area contributed by atoms with Crippen molar-refractivity contribution >= 4 is 38.4 Å². The van der Waals surface area contributed by atoms with E-state index in [4.69, 9.17) is 31.0 Å². The van der Waals surface area contributed by atoms with E-state index in [2.05, 4.69) is 20.6 Å². The van der Waals surface area contributed by atoms with Crippen molar-refractivity contribution in [3.05, 3.63) is 47.7 Å². The van der Waals surface area contributed by atoms with Crippen molar-refractivity contribution < 1.29 is 27.8 Å². The first-order valence-electron chi connectivity index (χ1n) is 18.8. The average molecular weight is 740 g/mol. The van der Waals surface area contributed by atoms with Gasteiger partial charge >= 0.3 is 6.01 Å². The molecule has 0 unspecified atom stereocenters. The summed E-state index contributed by atoms with van der Waals surface area (Å²) < 4.78 is 60.7. The summed E-state index contributed by atoms with van der Waals surface area (Å²) in [5.41, 5.74) is -0.730. The highest BCUT2D eigenvalue weighted by Gasteiger charge is 2.50. The fraction of sp³-hybridized carbons (Fsp3) is 0.488. The molecule has 4 fully saturated rings. The van der Waals surface area contributed by atoms with Crippen molar-refractivity contribution in [3.63, 3.8) is 0 Å². The number of anilines is 1. The number of benzene rings is 3. The summed E-state index contributed by atoms with van der Waals surface area (Å²) in [4.78, 5) is 16.8. The first-order valence-corrected chi connectivity index (χ1v) is 18.8. The molecule has 5 heterocycles. The number of methoxy groups -OCH3 is 1. The van der Waals surface area contributed by atoms with E-state index in [1.165, 1.54) is 24.3 Å². The Bertz CT molecular complexity index is 2330. The van der Waals surface area contributed by atoms with E-state index in [-0.39, 0.29) is 51.5 Å². The van der Waals surface area contributed by atoms with Crippen LogP contribution in [0.2, 0.25) is 0 Å². The Morgan fingerprint density at radius 1 is 1.04 bits per heavy atom. The Kier molecular flexibility index (Phi) is 8.44. The van der Waals surface area contributed by atoms with Gasteiger partial charge in [-0.05, 0) is 68.2 Å². The second-order valence-electron chi connectivity index (χ2n) is 16.2. The molecule has 4 aliphatic rings. The van der Waals surface area contributed by atoms with Gasteiger partial charge in [-0.15, -0.1) is 6.42 Å². The molecule has 5 aromatic rings. The van der Waals surface area contributed by atoms with Gasteiger partial charge < -0.3 is 19.5 Å². The Balaban J connectivity index is 1.21. The van der Waals surface area contributed by atoms with Crippen LogP contribution in [-0.4, -0.2) is 112 Å². The smallest absolute Gasteiger partial charge is 0.319 e. The topological polar surface area (TPSA) is 92.0 Å². The van der Waals surface area contributed by atoms with Crippen LogP contribution >= 0.6 is 0 Å². The lowest BCUT2D eigenvalue weighted by Gasteiger charge is -2.44. The van der Waals surface area contributed by atoms with Crippen LogP contribution in [0.5, 0.6) is 11.8 Å². The van der Waals surface area contributed by atoms with Gasteiger partial charge in [-0.25, -0.2) is 13.2 Å².